The Morgan fingerprint density at radius 2 is 2.50 bits per heavy atom. The van der Waals surface area contributed by atoms with Crippen LogP contribution in [0.2, 0.25) is 0 Å². The molecule has 1 aromatic heterocycles. The molecule has 1 heterocycles. The van der Waals surface area contributed by atoms with Crippen LogP contribution in [0.25, 0.3) is 0 Å². The number of hydrogen-bond acceptors (Lipinski definition) is 3. The lowest BCUT2D eigenvalue weighted by atomic mass is 10.5. The summed E-state index contributed by atoms with van der Waals surface area (Å²) in [6, 6.07) is 0. The van der Waals surface area contributed by atoms with E-state index in [1.165, 1.54) is 6.33 Å². The van der Waals surface area contributed by atoms with Gasteiger partial charge in [0, 0.05) is 6.20 Å². The monoisotopic (exact) mass is 276 g/mol. The fraction of sp³-hybridized carbons (Fsp3) is 0.250. The van der Waals surface area contributed by atoms with Crippen molar-refractivity contribution >= 4 is 22.6 Å². The molecule has 0 radical (unpaired) electrons. The Labute approximate surface area is 85.0 Å². The largest absolute Gasteiger partial charge is 0.473 e. The summed E-state index contributed by atoms with van der Waals surface area (Å²) < 4.78 is 6.26. The lowest BCUT2D eigenvalue weighted by Gasteiger charge is -2.01. The average molecular weight is 276 g/mol. The molecule has 0 saturated heterocycles. The quantitative estimate of drug-likeness (QED) is 0.626. The summed E-state index contributed by atoms with van der Waals surface area (Å²) in [4.78, 5) is 7.83. The van der Waals surface area contributed by atoms with E-state index in [0.717, 1.165) is 3.57 Å². The summed E-state index contributed by atoms with van der Waals surface area (Å²) in [5, 5.41) is 0. The van der Waals surface area contributed by atoms with Crippen molar-refractivity contribution in [3.8, 4) is 5.88 Å². The third-order valence-corrected chi connectivity index (χ3v) is 1.93. The highest BCUT2D eigenvalue weighted by molar-refractivity contribution is 14.1. The van der Waals surface area contributed by atoms with Crippen LogP contribution in [0.4, 0.5) is 0 Å². The minimum absolute atomic E-state index is 0.559. The SMILES string of the molecule is C/C=C/COc1ncncc1I. The van der Waals surface area contributed by atoms with Crippen molar-refractivity contribution in [2.24, 2.45) is 0 Å². The molecule has 0 bridgehead atoms. The lowest BCUT2D eigenvalue weighted by molar-refractivity contribution is 0.344. The summed E-state index contributed by atoms with van der Waals surface area (Å²) in [6.45, 7) is 2.51. The summed E-state index contributed by atoms with van der Waals surface area (Å²) in [7, 11) is 0. The Kier molecular flexibility index (Phi) is 3.99. The van der Waals surface area contributed by atoms with Crippen molar-refractivity contribution in [3.63, 3.8) is 0 Å². The molecule has 0 saturated carbocycles. The molecule has 0 aliphatic heterocycles. The Morgan fingerprint density at radius 1 is 1.67 bits per heavy atom. The maximum Gasteiger partial charge on any atom is 0.230 e. The van der Waals surface area contributed by atoms with E-state index in [1.807, 2.05) is 19.1 Å². The van der Waals surface area contributed by atoms with Gasteiger partial charge in [0.05, 0.1) is 3.57 Å². The minimum Gasteiger partial charge on any atom is -0.473 e. The lowest BCUT2D eigenvalue weighted by Crippen LogP contribution is -1.98. The zero-order chi connectivity index (χ0) is 8.81. The van der Waals surface area contributed by atoms with E-state index in [9.17, 15) is 0 Å². The summed E-state index contributed by atoms with van der Waals surface area (Å²) in [6.07, 6.45) is 7.07. The zero-order valence-corrected chi connectivity index (χ0v) is 8.85. The normalized spacial score (nSPS) is 10.5. The molecule has 4 heteroatoms. The van der Waals surface area contributed by atoms with E-state index in [2.05, 4.69) is 32.6 Å². The molecular weight excluding hydrogens is 267 g/mol. The van der Waals surface area contributed by atoms with Gasteiger partial charge in [-0.25, -0.2) is 9.97 Å². The second-order valence-corrected chi connectivity index (χ2v) is 3.22. The van der Waals surface area contributed by atoms with Crippen LogP contribution < -0.4 is 4.74 Å². The van der Waals surface area contributed by atoms with Crippen molar-refractivity contribution in [2.45, 2.75) is 6.92 Å². The number of hydrogen-bond donors (Lipinski definition) is 0. The highest BCUT2D eigenvalue weighted by Crippen LogP contribution is 2.14. The van der Waals surface area contributed by atoms with E-state index in [1.54, 1.807) is 6.20 Å². The molecule has 0 fully saturated rings. The maximum atomic E-state index is 5.33. The number of aromatic nitrogens is 2. The van der Waals surface area contributed by atoms with Gasteiger partial charge in [-0.05, 0) is 29.5 Å². The number of ether oxygens (including phenoxy) is 1. The molecule has 12 heavy (non-hydrogen) atoms. The van der Waals surface area contributed by atoms with Gasteiger partial charge in [0.2, 0.25) is 5.88 Å². The fourth-order valence-electron chi connectivity index (χ4n) is 0.631. The van der Waals surface area contributed by atoms with Crippen molar-refractivity contribution in [3.05, 3.63) is 28.2 Å². The number of rotatable bonds is 3. The molecule has 3 nitrogen and oxygen atoms in total. The molecule has 0 aliphatic rings. The van der Waals surface area contributed by atoms with Gasteiger partial charge in [-0.3, -0.25) is 0 Å². The van der Waals surface area contributed by atoms with Gasteiger partial charge in [0.15, 0.2) is 0 Å². The van der Waals surface area contributed by atoms with Gasteiger partial charge in [-0.15, -0.1) is 0 Å². The van der Waals surface area contributed by atoms with Crippen LogP contribution in [0.1, 0.15) is 6.92 Å². The first-order valence-electron chi connectivity index (χ1n) is 3.54. The molecule has 0 atom stereocenters. The van der Waals surface area contributed by atoms with Crippen molar-refractivity contribution < 1.29 is 4.74 Å². The third kappa shape index (κ3) is 2.77. The minimum atomic E-state index is 0.559. The standard InChI is InChI=1S/C8H9IN2O/c1-2-3-4-12-8-7(9)5-10-6-11-8/h2-3,5-6H,4H2,1H3/b3-2+. The summed E-state index contributed by atoms with van der Waals surface area (Å²) in [5.41, 5.74) is 0. The predicted molar refractivity (Wildman–Crippen MR) is 55.1 cm³/mol. The van der Waals surface area contributed by atoms with E-state index in [0.29, 0.717) is 12.5 Å². The van der Waals surface area contributed by atoms with E-state index >= 15 is 0 Å². The molecule has 1 aromatic rings. The molecule has 0 unspecified atom stereocenters. The predicted octanol–water partition coefficient (Wildman–Crippen LogP) is 2.04. The Bertz CT molecular complexity index is 276. The van der Waals surface area contributed by atoms with Gasteiger partial charge in [-0.2, -0.15) is 0 Å². The molecule has 64 valence electrons. The average Bonchev–Trinajstić information content (AvgIpc) is 2.09. The summed E-state index contributed by atoms with van der Waals surface area (Å²) >= 11 is 2.14. The smallest absolute Gasteiger partial charge is 0.230 e. The molecule has 0 spiro atoms. The summed E-state index contributed by atoms with van der Waals surface area (Å²) in [5.74, 6) is 0.642. The van der Waals surface area contributed by atoms with Gasteiger partial charge < -0.3 is 4.74 Å². The highest BCUT2D eigenvalue weighted by Gasteiger charge is 1.98. The second-order valence-electron chi connectivity index (χ2n) is 2.06. The first-order valence-corrected chi connectivity index (χ1v) is 4.62. The number of halogens is 1. The highest BCUT2D eigenvalue weighted by atomic mass is 127. The Balaban J connectivity index is 2.57. The van der Waals surface area contributed by atoms with Crippen LogP contribution in [0.3, 0.4) is 0 Å². The molecule has 0 aromatic carbocycles. The Hall–Kier alpha value is -0.650. The molecule has 1 rings (SSSR count). The van der Waals surface area contributed by atoms with Crippen LogP contribution in [-0.4, -0.2) is 16.6 Å². The van der Waals surface area contributed by atoms with Crippen LogP contribution >= 0.6 is 22.6 Å². The van der Waals surface area contributed by atoms with Crippen molar-refractivity contribution in [1.82, 2.24) is 9.97 Å². The van der Waals surface area contributed by atoms with Crippen molar-refractivity contribution in [2.75, 3.05) is 6.61 Å². The van der Waals surface area contributed by atoms with Gasteiger partial charge >= 0.3 is 0 Å². The maximum absolute atomic E-state index is 5.33. The second kappa shape index (κ2) is 5.08. The molecule has 0 N–H and O–H groups in total. The Morgan fingerprint density at radius 3 is 3.17 bits per heavy atom. The molecular formula is C8H9IN2O. The number of allylic oxidation sites excluding steroid dienone is 1. The first-order chi connectivity index (χ1) is 5.84. The molecule has 0 amide bonds. The number of nitrogens with zero attached hydrogens (tertiary/aromatic N) is 2. The van der Waals surface area contributed by atoms with Crippen LogP contribution in [0.5, 0.6) is 5.88 Å². The fourth-order valence-corrected chi connectivity index (χ4v) is 1.09. The van der Waals surface area contributed by atoms with Crippen LogP contribution in [0, 0.1) is 3.57 Å². The van der Waals surface area contributed by atoms with Gasteiger partial charge in [0.25, 0.3) is 0 Å². The van der Waals surface area contributed by atoms with Crippen LogP contribution in [-0.2, 0) is 0 Å². The van der Waals surface area contributed by atoms with E-state index in [4.69, 9.17) is 4.74 Å². The van der Waals surface area contributed by atoms with E-state index in [-0.39, 0.29) is 0 Å². The molecule has 0 aliphatic carbocycles. The third-order valence-electron chi connectivity index (χ3n) is 1.19. The van der Waals surface area contributed by atoms with E-state index < -0.39 is 0 Å². The first kappa shape index (κ1) is 9.44. The van der Waals surface area contributed by atoms with Gasteiger partial charge in [-0.1, -0.05) is 12.2 Å². The van der Waals surface area contributed by atoms with Gasteiger partial charge in [0.1, 0.15) is 12.9 Å². The zero-order valence-electron chi connectivity index (χ0n) is 6.70. The van der Waals surface area contributed by atoms with Crippen LogP contribution in [0.15, 0.2) is 24.7 Å². The van der Waals surface area contributed by atoms with Crippen molar-refractivity contribution in [1.29, 1.82) is 0 Å². The topological polar surface area (TPSA) is 35.0 Å².